The maximum absolute atomic E-state index is 12.9. The number of nitrogens with zero attached hydrogens (tertiary/aromatic N) is 1. The zero-order chi connectivity index (χ0) is 18.8. The van der Waals surface area contributed by atoms with E-state index in [1.807, 2.05) is 24.3 Å². The van der Waals surface area contributed by atoms with Gasteiger partial charge in [-0.1, -0.05) is 48.0 Å². The molecule has 5 nitrogen and oxygen atoms in total. The lowest BCUT2D eigenvalue weighted by Gasteiger charge is -2.10. The molecule has 136 valence electrons. The van der Waals surface area contributed by atoms with Crippen molar-refractivity contribution in [3.8, 4) is 0 Å². The zero-order valence-corrected chi connectivity index (χ0v) is 16.2. The number of hydrogen-bond acceptors (Lipinski definition) is 4. The van der Waals surface area contributed by atoms with Crippen molar-refractivity contribution in [1.29, 1.82) is 0 Å². The number of para-hydroxylation sites is 1. The highest BCUT2D eigenvalue weighted by molar-refractivity contribution is 7.87. The second kappa shape index (κ2) is 7.64. The van der Waals surface area contributed by atoms with Crippen molar-refractivity contribution in [2.75, 3.05) is 4.72 Å². The van der Waals surface area contributed by atoms with Crippen molar-refractivity contribution >= 4 is 50.0 Å². The van der Waals surface area contributed by atoms with E-state index in [-0.39, 0.29) is 10.1 Å². The lowest BCUT2D eigenvalue weighted by Crippen LogP contribution is -2.08. The largest absolute Gasteiger partial charge is 0.445 e. The van der Waals surface area contributed by atoms with Crippen molar-refractivity contribution in [2.45, 2.75) is 15.0 Å². The smallest absolute Gasteiger partial charge is 0.212 e. The number of halogens is 1. The van der Waals surface area contributed by atoms with Crippen molar-refractivity contribution in [3.63, 3.8) is 0 Å². The number of fused-ring (bicyclic) bond motifs is 1. The Labute approximate surface area is 165 Å². The molecule has 27 heavy (non-hydrogen) atoms. The fourth-order valence-electron chi connectivity index (χ4n) is 2.50. The lowest BCUT2D eigenvalue weighted by molar-refractivity contribution is 0.504. The molecule has 4 rings (SSSR count). The van der Waals surface area contributed by atoms with Gasteiger partial charge >= 0.3 is 0 Å². The normalized spacial score (nSPS) is 13.4. The molecule has 2 aromatic heterocycles. The molecule has 0 amide bonds. The van der Waals surface area contributed by atoms with Gasteiger partial charge < -0.3 is 4.42 Å². The second-order valence-corrected chi connectivity index (χ2v) is 8.54. The molecule has 0 spiro atoms. The Morgan fingerprint density at radius 2 is 1.70 bits per heavy atom. The van der Waals surface area contributed by atoms with E-state index in [0.29, 0.717) is 21.2 Å². The highest BCUT2D eigenvalue weighted by Gasteiger charge is 2.18. The molecule has 0 aliphatic rings. The molecule has 2 heterocycles. The Hall–Kier alpha value is -2.48. The van der Waals surface area contributed by atoms with Crippen LogP contribution in [0.3, 0.4) is 0 Å². The van der Waals surface area contributed by atoms with E-state index in [0.717, 1.165) is 5.39 Å². The minimum absolute atomic E-state index is 0.245. The molecule has 4 aromatic rings. The molecule has 2 unspecified atom stereocenters. The molecular weight excluding hydrogens is 404 g/mol. The van der Waals surface area contributed by atoms with Gasteiger partial charge in [0.25, 0.3) is 0 Å². The van der Waals surface area contributed by atoms with Crippen LogP contribution < -0.4 is 4.72 Å². The molecule has 2 atom stereocenters. The Balaban J connectivity index is 1.68. The Kier molecular flexibility index (Phi) is 5.07. The summed E-state index contributed by atoms with van der Waals surface area (Å²) in [5.41, 5.74) is 0.962. The highest BCUT2D eigenvalue weighted by Crippen LogP contribution is 2.28. The van der Waals surface area contributed by atoms with Gasteiger partial charge in [-0.2, -0.15) is 0 Å². The quantitative estimate of drug-likeness (QED) is 0.508. The summed E-state index contributed by atoms with van der Waals surface area (Å²) in [6.45, 7) is 0. The molecule has 0 saturated heterocycles. The second-order valence-electron chi connectivity index (χ2n) is 5.56. The number of benzene rings is 2. The lowest BCUT2D eigenvalue weighted by atomic mass is 10.3. The van der Waals surface area contributed by atoms with Gasteiger partial charge in [-0.3, -0.25) is 4.72 Å². The van der Waals surface area contributed by atoms with E-state index in [4.69, 9.17) is 16.0 Å². The van der Waals surface area contributed by atoms with Crippen LogP contribution in [-0.2, 0) is 21.8 Å². The number of hydrogen-bond donors (Lipinski definition) is 1. The van der Waals surface area contributed by atoms with Gasteiger partial charge in [-0.15, -0.1) is 0 Å². The van der Waals surface area contributed by atoms with Crippen molar-refractivity contribution in [2.24, 2.45) is 0 Å². The Morgan fingerprint density at radius 1 is 0.963 bits per heavy atom. The molecule has 0 radical (unpaired) electrons. The molecule has 0 saturated carbocycles. The average molecular weight is 417 g/mol. The van der Waals surface area contributed by atoms with Gasteiger partial charge in [-0.05, 0) is 24.3 Å². The molecule has 0 fully saturated rings. The van der Waals surface area contributed by atoms with Gasteiger partial charge in [0.1, 0.15) is 16.4 Å². The third kappa shape index (κ3) is 3.80. The van der Waals surface area contributed by atoms with E-state index in [2.05, 4.69) is 9.71 Å². The molecule has 0 aliphatic carbocycles. The van der Waals surface area contributed by atoms with E-state index in [1.54, 1.807) is 42.5 Å². The van der Waals surface area contributed by atoms with Crippen LogP contribution in [0.2, 0.25) is 5.02 Å². The fraction of sp³-hybridized carbons (Fsp3) is 0. The first kappa shape index (κ1) is 17.9. The summed E-state index contributed by atoms with van der Waals surface area (Å²) in [5.74, 6) is 0. The average Bonchev–Trinajstić information content (AvgIpc) is 3.13. The fourth-order valence-corrected chi connectivity index (χ4v) is 4.67. The monoisotopic (exact) mass is 416 g/mol. The van der Waals surface area contributed by atoms with E-state index < -0.39 is 21.8 Å². The summed E-state index contributed by atoms with van der Waals surface area (Å²) >= 11 is 6.04. The summed E-state index contributed by atoms with van der Waals surface area (Å²) in [6, 6.07) is 19.5. The van der Waals surface area contributed by atoms with Crippen molar-refractivity contribution in [1.82, 2.24) is 4.98 Å². The van der Waals surface area contributed by atoms with E-state index in [1.165, 1.54) is 6.20 Å². The van der Waals surface area contributed by atoms with Crippen LogP contribution in [0.4, 0.5) is 5.69 Å². The van der Waals surface area contributed by atoms with Crippen LogP contribution >= 0.6 is 11.6 Å². The minimum Gasteiger partial charge on any atom is -0.445 e. The maximum atomic E-state index is 12.9. The summed E-state index contributed by atoms with van der Waals surface area (Å²) in [6.07, 6.45) is 1.41. The minimum atomic E-state index is -1.71. The third-order valence-corrected chi connectivity index (χ3v) is 6.29. The summed E-state index contributed by atoms with van der Waals surface area (Å²) < 4.78 is 34.1. The predicted octanol–water partition coefficient (Wildman–Crippen LogP) is 4.78. The van der Waals surface area contributed by atoms with Crippen LogP contribution in [0, 0.1) is 0 Å². The van der Waals surface area contributed by atoms with E-state index in [9.17, 15) is 8.42 Å². The Bertz CT molecular complexity index is 1130. The molecule has 0 bridgehead atoms. The van der Waals surface area contributed by atoms with Crippen molar-refractivity contribution < 1.29 is 12.8 Å². The van der Waals surface area contributed by atoms with Crippen molar-refractivity contribution in [3.05, 3.63) is 77.9 Å². The first-order valence-electron chi connectivity index (χ1n) is 7.91. The number of aromatic nitrogens is 1. The first-order valence-corrected chi connectivity index (χ1v) is 10.6. The highest BCUT2D eigenvalue weighted by atomic mass is 35.5. The summed E-state index contributed by atoms with van der Waals surface area (Å²) in [4.78, 5) is 4.77. The van der Waals surface area contributed by atoms with Gasteiger partial charge in [0.2, 0.25) is 5.09 Å². The zero-order valence-electron chi connectivity index (χ0n) is 13.8. The van der Waals surface area contributed by atoms with Crippen LogP contribution in [-0.4, -0.2) is 13.4 Å². The third-order valence-electron chi connectivity index (χ3n) is 3.74. The van der Waals surface area contributed by atoms with Gasteiger partial charge in [0.05, 0.1) is 10.7 Å². The molecule has 1 N–H and O–H groups in total. The number of anilines is 1. The number of furan rings is 1. The SMILES string of the molecule is O=S(Nc1cc(Cl)cnc1S(=O)c1ccccc1)c1cc2ccccc2o1. The predicted molar refractivity (Wildman–Crippen MR) is 107 cm³/mol. The number of rotatable bonds is 5. The van der Waals surface area contributed by atoms with Gasteiger partial charge in [0.15, 0.2) is 16.0 Å². The topological polar surface area (TPSA) is 72.2 Å². The maximum Gasteiger partial charge on any atom is 0.212 e. The van der Waals surface area contributed by atoms with Crippen LogP contribution in [0.15, 0.2) is 92.4 Å². The standard InChI is InChI=1S/C19H13ClN2O3S2/c20-14-11-16(19(21-12-14)26(23)15-7-2-1-3-8-15)22-27(24)18-10-13-6-4-5-9-17(13)25-18/h1-12,22H. The first-order chi connectivity index (χ1) is 13.1. The van der Waals surface area contributed by atoms with Crippen LogP contribution in [0.5, 0.6) is 0 Å². The number of nitrogens with one attached hydrogen (secondary N) is 1. The molecule has 0 aliphatic heterocycles. The summed E-state index contributed by atoms with van der Waals surface area (Å²) in [7, 11) is -3.26. The molecule has 2 aromatic carbocycles. The van der Waals surface area contributed by atoms with Crippen LogP contribution in [0.1, 0.15) is 0 Å². The van der Waals surface area contributed by atoms with Crippen LogP contribution in [0.25, 0.3) is 11.0 Å². The summed E-state index contributed by atoms with van der Waals surface area (Å²) in [5, 5.41) is 1.69. The van der Waals surface area contributed by atoms with Gasteiger partial charge in [-0.25, -0.2) is 13.4 Å². The van der Waals surface area contributed by atoms with Gasteiger partial charge in [0, 0.05) is 22.5 Å². The molecular formula is C19H13ClN2O3S2. The molecule has 8 heteroatoms. The van der Waals surface area contributed by atoms with E-state index >= 15 is 0 Å². The Morgan fingerprint density at radius 3 is 2.48 bits per heavy atom. The number of pyridine rings is 1.